The van der Waals surface area contributed by atoms with E-state index in [0.717, 1.165) is 24.2 Å². The van der Waals surface area contributed by atoms with Gasteiger partial charge in [-0.1, -0.05) is 35.5 Å². The maximum absolute atomic E-state index is 12.6. The first-order valence-corrected chi connectivity index (χ1v) is 10.1. The van der Waals surface area contributed by atoms with Gasteiger partial charge in [-0.15, -0.1) is 0 Å². The Morgan fingerprint density at radius 2 is 1.90 bits per heavy atom. The van der Waals surface area contributed by atoms with Crippen LogP contribution in [0.2, 0.25) is 0 Å². The van der Waals surface area contributed by atoms with Crippen LogP contribution >= 0.6 is 0 Å². The summed E-state index contributed by atoms with van der Waals surface area (Å²) in [7, 11) is 5.97. The Hall–Kier alpha value is -3.19. The van der Waals surface area contributed by atoms with Gasteiger partial charge in [0, 0.05) is 44.4 Å². The largest absolute Gasteiger partial charge is 0.378 e. The highest BCUT2D eigenvalue weighted by Gasteiger charge is 2.35. The van der Waals surface area contributed by atoms with Gasteiger partial charge in [0.05, 0.1) is 6.04 Å². The van der Waals surface area contributed by atoms with Crippen molar-refractivity contribution >= 4 is 11.6 Å². The number of nitrogens with zero attached hydrogens (tertiary/aromatic N) is 4. The number of likely N-dealkylation sites (tertiary alicyclic amines) is 1. The third-order valence-electron chi connectivity index (χ3n) is 5.50. The molecule has 0 radical (unpaired) electrons. The van der Waals surface area contributed by atoms with Gasteiger partial charge in [-0.05, 0) is 43.3 Å². The predicted octanol–water partition coefficient (Wildman–Crippen LogP) is 2.90. The first-order chi connectivity index (χ1) is 14.5. The topological polar surface area (TPSA) is 74.5 Å². The minimum absolute atomic E-state index is 0.00319. The lowest BCUT2D eigenvalue weighted by Gasteiger charge is -2.15. The van der Waals surface area contributed by atoms with Crippen molar-refractivity contribution in [3.8, 4) is 0 Å². The Labute approximate surface area is 176 Å². The zero-order valence-electron chi connectivity index (χ0n) is 17.6. The third kappa shape index (κ3) is 4.52. The van der Waals surface area contributed by atoms with Gasteiger partial charge >= 0.3 is 0 Å². The molecule has 156 valence electrons. The van der Waals surface area contributed by atoms with E-state index in [1.54, 1.807) is 0 Å². The maximum Gasteiger partial charge on any atom is 0.251 e. The molecule has 1 aliphatic rings. The molecule has 4 rings (SSSR count). The molecular weight excluding hydrogens is 378 g/mol. The molecule has 0 spiro atoms. The molecule has 30 heavy (non-hydrogen) atoms. The fraction of sp³-hybridized carbons (Fsp3) is 0.348. The van der Waals surface area contributed by atoms with E-state index in [1.165, 1.54) is 0 Å². The monoisotopic (exact) mass is 405 g/mol. The van der Waals surface area contributed by atoms with E-state index in [1.807, 2.05) is 80.6 Å². The summed E-state index contributed by atoms with van der Waals surface area (Å²) in [6.45, 7) is 0.739. The second kappa shape index (κ2) is 8.67. The minimum Gasteiger partial charge on any atom is -0.378 e. The fourth-order valence-corrected chi connectivity index (χ4v) is 3.83. The third-order valence-corrected chi connectivity index (χ3v) is 5.50. The highest BCUT2D eigenvalue weighted by Crippen LogP contribution is 2.30. The first kappa shape index (κ1) is 20.1. The lowest BCUT2D eigenvalue weighted by atomic mass is 10.1. The zero-order chi connectivity index (χ0) is 21.1. The number of carbonyl (C=O) groups is 1. The van der Waals surface area contributed by atoms with Crippen molar-refractivity contribution < 1.29 is 9.32 Å². The van der Waals surface area contributed by atoms with Gasteiger partial charge in [-0.25, -0.2) is 0 Å². The van der Waals surface area contributed by atoms with Crippen LogP contribution in [0.5, 0.6) is 0 Å². The van der Waals surface area contributed by atoms with Gasteiger partial charge in [0.25, 0.3) is 5.91 Å². The molecule has 0 bridgehead atoms. The normalized spacial score (nSPS) is 19.0. The summed E-state index contributed by atoms with van der Waals surface area (Å²) in [4.78, 5) is 21.4. The number of hydrogen-bond acceptors (Lipinski definition) is 6. The number of carbonyl (C=O) groups excluding carboxylic acids is 1. The average molecular weight is 406 g/mol. The van der Waals surface area contributed by atoms with Crippen molar-refractivity contribution in [3.63, 3.8) is 0 Å². The van der Waals surface area contributed by atoms with E-state index in [0.29, 0.717) is 23.7 Å². The highest BCUT2D eigenvalue weighted by molar-refractivity contribution is 5.94. The number of rotatable bonds is 6. The van der Waals surface area contributed by atoms with Crippen LogP contribution in [0.1, 0.15) is 40.1 Å². The summed E-state index contributed by atoms with van der Waals surface area (Å²) >= 11 is 0. The molecule has 2 heterocycles. The lowest BCUT2D eigenvalue weighted by Crippen LogP contribution is -2.36. The summed E-state index contributed by atoms with van der Waals surface area (Å²) in [6.07, 6.45) is 1.38. The molecule has 7 nitrogen and oxygen atoms in total. The standard InChI is InChI=1S/C23H27N5O2/c1-27(2)19-11-9-17(10-12-19)22(29)24-18-14-20(28(3)15-18)23-25-21(26-30-23)13-16-7-5-4-6-8-16/h4-12,18,20H,13-15H2,1-3H3,(H,24,29). The summed E-state index contributed by atoms with van der Waals surface area (Å²) < 4.78 is 5.54. The maximum atomic E-state index is 12.6. The molecule has 2 unspecified atom stereocenters. The molecule has 2 aromatic carbocycles. The zero-order valence-corrected chi connectivity index (χ0v) is 17.6. The number of likely N-dealkylation sites (N-methyl/N-ethyl adjacent to an activating group) is 1. The molecule has 1 aromatic heterocycles. The van der Waals surface area contributed by atoms with Crippen LogP contribution < -0.4 is 10.2 Å². The molecule has 1 fully saturated rings. The molecular formula is C23H27N5O2. The predicted molar refractivity (Wildman–Crippen MR) is 116 cm³/mol. The Kier molecular flexibility index (Phi) is 5.81. The van der Waals surface area contributed by atoms with Gasteiger partial charge in [-0.2, -0.15) is 4.98 Å². The van der Waals surface area contributed by atoms with E-state index < -0.39 is 0 Å². The van der Waals surface area contributed by atoms with Gasteiger partial charge in [0.15, 0.2) is 5.82 Å². The number of aromatic nitrogens is 2. The van der Waals surface area contributed by atoms with Crippen LogP contribution in [0.15, 0.2) is 59.1 Å². The molecule has 1 aliphatic heterocycles. The number of anilines is 1. The lowest BCUT2D eigenvalue weighted by molar-refractivity contribution is 0.0938. The van der Waals surface area contributed by atoms with E-state index in [9.17, 15) is 4.79 Å². The van der Waals surface area contributed by atoms with E-state index in [2.05, 4.69) is 20.4 Å². The summed E-state index contributed by atoms with van der Waals surface area (Å²) in [5.41, 5.74) is 2.87. The van der Waals surface area contributed by atoms with Crippen LogP contribution in [-0.2, 0) is 6.42 Å². The average Bonchev–Trinajstić information content (AvgIpc) is 3.35. The van der Waals surface area contributed by atoms with Gasteiger partial charge in [0.2, 0.25) is 5.89 Å². The Bertz CT molecular complexity index is 984. The molecule has 7 heteroatoms. The summed E-state index contributed by atoms with van der Waals surface area (Å²) in [5, 5.41) is 7.28. The Balaban J connectivity index is 1.37. The van der Waals surface area contributed by atoms with Crippen molar-refractivity contribution in [1.29, 1.82) is 0 Å². The van der Waals surface area contributed by atoms with Gasteiger partial charge < -0.3 is 14.7 Å². The number of amides is 1. The van der Waals surface area contributed by atoms with Crippen LogP contribution in [0, 0.1) is 0 Å². The van der Waals surface area contributed by atoms with Crippen molar-refractivity contribution in [2.45, 2.75) is 24.9 Å². The van der Waals surface area contributed by atoms with Gasteiger partial charge in [-0.3, -0.25) is 9.69 Å². The number of benzene rings is 2. The van der Waals surface area contributed by atoms with Gasteiger partial charge in [0.1, 0.15) is 0 Å². The Morgan fingerprint density at radius 1 is 1.17 bits per heavy atom. The second-order valence-electron chi connectivity index (χ2n) is 8.01. The smallest absolute Gasteiger partial charge is 0.251 e. The molecule has 1 amide bonds. The molecule has 3 aromatic rings. The fourth-order valence-electron chi connectivity index (χ4n) is 3.83. The Morgan fingerprint density at radius 3 is 2.60 bits per heavy atom. The molecule has 1 N–H and O–H groups in total. The minimum atomic E-state index is -0.0605. The van der Waals surface area contributed by atoms with Crippen molar-refractivity contribution in [3.05, 3.63) is 77.4 Å². The quantitative estimate of drug-likeness (QED) is 0.680. The first-order valence-electron chi connectivity index (χ1n) is 10.1. The number of nitrogens with one attached hydrogen (secondary N) is 1. The molecule has 0 saturated carbocycles. The SMILES string of the molecule is CN(C)c1ccc(C(=O)NC2CC(c3nc(Cc4ccccc4)no3)N(C)C2)cc1. The molecule has 1 saturated heterocycles. The van der Waals surface area contributed by atoms with Crippen LogP contribution in [-0.4, -0.2) is 54.7 Å². The van der Waals surface area contributed by atoms with Crippen molar-refractivity contribution in [2.24, 2.45) is 0 Å². The van der Waals surface area contributed by atoms with Crippen molar-refractivity contribution in [1.82, 2.24) is 20.4 Å². The molecule has 0 aliphatic carbocycles. The van der Waals surface area contributed by atoms with E-state index in [-0.39, 0.29) is 18.0 Å². The summed E-state index contributed by atoms with van der Waals surface area (Å²) in [5.74, 6) is 1.23. The number of hydrogen-bond donors (Lipinski definition) is 1. The van der Waals surface area contributed by atoms with Crippen molar-refractivity contribution in [2.75, 3.05) is 32.6 Å². The van der Waals surface area contributed by atoms with Crippen LogP contribution in [0.4, 0.5) is 5.69 Å². The van der Waals surface area contributed by atoms with E-state index >= 15 is 0 Å². The van der Waals surface area contributed by atoms with Crippen LogP contribution in [0.3, 0.4) is 0 Å². The highest BCUT2D eigenvalue weighted by atomic mass is 16.5. The molecule has 2 atom stereocenters. The summed E-state index contributed by atoms with van der Waals surface area (Å²) in [6, 6.07) is 17.7. The second-order valence-corrected chi connectivity index (χ2v) is 8.01. The van der Waals surface area contributed by atoms with E-state index in [4.69, 9.17) is 4.52 Å². The van der Waals surface area contributed by atoms with Crippen LogP contribution in [0.25, 0.3) is 0 Å².